The highest BCUT2D eigenvalue weighted by molar-refractivity contribution is 6.04. The molecule has 0 aliphatic carbocycles. The second-order valence-corrected chi connectivity index (χ2v) is 6.76. The van der Waals surface area contributed by atoms with Gasteiger partial charge in [0.25, 0.3) is 11.5 Å². The Morgan fingerprint density at radius 3 is 2.50 bits per heavy atom. The quantitative estimate of drug-likeness (QED) is 0.632. The molecule has 0 aliphatic heterocycles. The fourth-order valence-corrected chi connectivity index (χ4v) is 3.05. The molecule has 2 aromatic carbocycles. The lowest BCUT2D eigenvalue weighted by molar-refractivity contribution is 0.0767. The molecule has 1 heterocycles. The first-order chi connectivity index (χ1) is 13.5. The van der Waals surface area contributed by atoms with Crippen LogP contribution in [-0.4, -0.2) is 40.8 Å². The van der Waals surface area contributed by atoms with Crippen molar-refractivity contribution in [2.75, 3.05) is 20.2 Å². The first-order valence-corrected chi connectivity index (χ1v) is 9.46. The van der Waals surface area contributed by atoms with E-state index in [1.165, 1.54) is 4.68 Å². The number of rotatable bonds is 7. The van der Waals surface area contributed by atoms with Gasteiger partial charge in [-0.15, -0.1) is 0 Å². The monoisotopic (exact) mass is 379 g/mol. The smallest absolute Gasteiger partial charge is 0.274 e. The first-order valence-electron chi connectivity index (χ1n) is 9.46. The highest BCUT2D eigenvalue weighted by Gasteiger charge is 2.19. The summed E-state index contributed by atoms with van der Waals surface area (Å²) in [6.45, 7) is 5.22. The van der Waals surface area contributed by atoms with Gasteiger partial charge in [0.1, 0.15) is 12.4 Å². The van der Waals surface area contributed by atoms with Gasteiger partial charge in [-0.2, -0.15) is 5.10 Å². The molecule has 3 rings (SSSR count). The predicted molar refractivity (Wildman–Crippen MR) is 110 cm³/mol. The van der Waals surface area contributed by atoms with Gasteiger partial charge in [0.15, 0.2) is 5.69 Å². The number of likely N-dealkylation sites (N-methyl/N-ethyl adjacent to an activating group) is 1. The Morgan fingerprint density at radius 2 is 1.79 bits per heavy atom. The molecule has 0 spiro atoms. The van der Waals surface area contributed by atoms with Crippen LogP contribution in [0.4, 0.5) is 0 Å². The molecule has 0 aliphatic rings. The summed E-state index contributed by atoms with van der Waals surface area (Å²) in [6, 6.07) is 14.9. The van der Waals surface area contributed by atoms with Crippen LogP contribution in [0, 0.1) is 6.92 Å². The Labute approximate surface area is 164 Å². The fraction of sp³-hybridized carbons (Fsp3) is 0.318. The van der Waals surface area contributed by atoms with Crippen LogP contribution in [0.5, 0.6) is 5.75 Å². The SMILES string of the molecule is CCCn1nc(C(=O)N(C)CCOc2ccccc2C)c2ccccc2c1=O. The summed E-state index contributed by atoms with van der Waals surface area (Å²) in [4.78, 5) is 27.2. The zero-order chi connectivity index (χ0) is 20.1. The molecular formula is C22H25N3O3. The average molecular weight is 379 g/mol. The summed E-state index contributed by atoms with van der Waals surface area (Å²) in [5.74, 6) is 0.581. The minimum atomic E-state index is -0.227. The maximum Gasteiger partial charge on any atom is 0.274 e. The van der Waals surface area contributed by atoms with E-state index in [2.05, 4.69) is 5.10 Å². The number of ether oxygens (including phenoxy) is 1. The van der Waals surface area contributed by atoms with E-state index in [1.807, 2.05) is 44.2 Å². The van der Waals surface area contributed by atoms with Crippen molar-refractivity contribution >= 4 is 16.7 Å². The van der Waals surface area contributed by atoms with Gasteiger partial charge in [-0.05, 0) is 31.0 Å². The minimum Gasteiger partial charge on any atom is -0.491 e. The highest BCUT2D eigenvalue weighted by atomic mass is 16.5. The first kappa shape index (κ1) is 19.6. The largest absolute Gasteiger partial charge is 0.491 e. The van der Waals surface area contributed by atoms with Crippen molar-refractivity contribution in [1.29, 1.82) is 0 Å². The van der Waals surface area contributed by atoms with Gasteiger partial charge in [0.05, 0.1) is 11.9 Å². The van der Waals surface area contributed by atoms with E-state index in [0.717, 1.165) is 17.7 Å². The number of hydrogen-bond acceptors (Lipinski definition) is 4. The maximum atomic E-state index is 13.0. The summed E-state index contributed by atoms with van der Waals surface area (Å²) in [6.07, 6.45) is 0.763. The second-order valence-electron chi connectivity index (χ2n) is 6.76. The number of carbonyl (C=O) groups is 1. The molecule has 6 heteroatoms. The van der Waals surface area contributed by atoms with Crippen LogP contribution in [-0.2, 0) is 6.54 Å². The maximum absolute atomic E-state index is 13.0. The van der Waals surface area contributed by atoms with Crippen LogP contribution in [0.3, 0.4) is 0 Å². The van der Waals surface area contributed by atoms with E-state index in [-0.39, 0.29) is 11.5 Å². The molecule has 6 nitrogen and oxygen atoms in total. The summed E-state index contributed by atoms with van der Waals surface area (Å²) < 4.78 is 7.18. The minimum absolute atomic E-state index is 0.167. The van der Waals surface area contributed by atoms with Gasteiger partial charge in [-0.1, -0.05) is 43.3 Å². The molecule has 1 amide bonds. The number of para-hydroxylation sites is 1. The third-order valence-electron chi connectivity index (χ3n) is 4.63. The lowest BCUT2D eigenvalue weighted by atomic mass is 10.1. The molecule has 146 valence electrons. The number of amides is 1. The van der Waals surface area contributed by atoms with Crippen molar-refractivity contribution in [3.05, 3.63) is 70.1 Å². The molecule has 0 N–H and O–H groups in total. The van der Waals surface area contributed by atoms with Crippen molar-refractivity contribution in [2.45, 2.75) is 26.8 Å². The fourth-order valence-electron chi connectivity index (χ4n) is 3.05. The van der Waals surface area contributed by atoms with Crippen LogP contribution in [0.2, 0.25) is 0 Å². The molecule has 0 saturated heterocycles. The van der Waals surface area contributed by atoms with E-state index >= 15 is 0 Å². The van der Waals surface area contributed by atoms with Crippen LogP contribution in [0.25, 0.3) is 10.8 Å². The zero-order valence-electron chi connectivity index (χ0n) is 16.5. The average Bonchev–Trinajstić information content (AvgIpc) is 2.71. The molecule has 0 fully saturated rings. The molecule has 0 radical (unpaired) electrons. The van der Waals surface area contributed by atoms with Gasteiger partial charge >= 0.3 is 0 Å². The van der Waals surface area contributed by atoms with Gasteiger partial charge in [-0.25, -0.2) is 4.68 Å². The van der Waals surface area contributed by atoms with E-state index in [9.17, 15) is 9.59 Å². The van der Waals surface area contributed by atoms with Crippen LogP contribution < -0.4 is 10.3 Å². The van der Waals surface area contributed by atoms with Crippen molar-refractivity contribution < 1.29 is 9.53 Å². The number of hydrogen-bond donors (Lipinski definition) is 0. The van der Waals surface area contributed by atoms with E-state index in [4.69, 9.17) is 4.74 Å². The second kappa shape index (κ2) is 8.69. The Morgan fingerprint density at radius 1 is 1.11 bits per heavy atom. The number of carbonyl (C=O) groups excluding carboxylic acids is 1. The number of nitrogens with zero attached hydrogens (tertiary/aromatic N) is 3. The summed E-state index contributed by atoms with van der Waals surface area (Å²) in [5.41, 5.74) is 1.18. The van der Waals surface area contributed by atoms with E-state index < -0.39 is 0 Å². The molecular weight excluding hydrogens is 354 g/mol. The molecule has 0 unspecified atom stereocenters. The third-order valence-corrected chi connectivity index (χ3v) is 4.63. The lowest BCUT2D eigenvalue weighted by Gasteiger charge is -2.19. The molecule has 28 heavy (non-hydrogen) atoms. The topological polar surface area (TPSA) is 64.4 Å². The van der Waals surface area contributed by atoms with Crippen LogP contribution >= 0.6 is 0 Å². The summed E-state index contributed by atoms with van der Waals surface area (Å²) in [5, 5.41) is 5.46. The van der Waals surface area contributed by atoms with Crippen LogP contribution in [0.1, 0.15) is 29.4 Å². The predicted octanol–water partition coefficient (Wildman–Crippen LogP) is 3.27. The van der Waals surface area contributed by atoms with Gasteiger partial charge in [0, 0.05) is 19.0 Å². The molecule has 0 bridgehead atoms. The normalized spacial score (nSPS) is 10.8. The number of benzene rings is 2. The summed E-state index contributed by atoms with van der Waals surface area (Å²) in [7, 11) is 1.72. The number of aromatic nitrogens is 2. The lowest BCUT2D eigenvalue weighted by Crippen LogP contribution is -2.34. The van der Waals surface area contributed by atoms with Crippen molar-refractivity contribution in [3.63, 3.8) is 0 Å². The summed E-state index contributed by atoms with van der Waals surface area (Å²) >= 11 is 0. The van der Waals surface area contributed by atoms with Crippen molar-refractivity contribution in [1.82, 2.24) is 14.7 Å². The zero-order valence-corrected chi connectivity index (χ0v) is 16.5. The molecule has 3 aromatic rings. The van der Waals surface area contributed by atoms with Gasteiger partial charge in [0.2, 0.25) is 0 Å². The Bertz CT molecular complexity index is 1040. The molecule has 0 saturated carbocycles. The number of aryl methyl sites for hydroxylation is 2. The van der Waals surface area contributed by atoms with Crippen LogP contribution in [0.15, 0.2) is 53.3 Å². The third kappa shape index (κ3) is 4.06. The Kier molecular flexibility index (Phi) is 6.09. The van der Waals surface area contributed by atoms with E-state index in [0.29, 0.717) is 36.2 Å². The van der Waals surface area contributed by atoms with Crippen molar-refractivity contribution in [2.24, 2.45) is 0 Å². The van der Waals surface area contributed by atoms with Gasteiger partial charge in [-0.3, -0.25) is 9.59 Å². The highest BCUT2D eigenvalue weighted by Crippen LogP contribution is 2.17. The Hall–Kier alpha value is -3.15. The molecule has 0 atom stereocenters. The molecule has 1 aromatic heterocycles. The Balaban J connectivity index is 1.81. The number of fused-ring (bicyclic) bond motifs is 1. The van der Waals surface area contributed by atoms with Crippen molar-refractivity contribution in [3.8, 4) is 5.75 Å². The standard InChI is InChI=1S/C22H25N3O3/c1-4-13-25-21(26)18-11-7-6-10-17(18)20(23-25)22(27)24(3)14-15-28-19-12-8-5-9-16(19)2/h5-12H,4,13-15H2,1-3H3. The van der Waals surface area contributed by atoms with Gasteiger partial charge < -0.3 is 9.64 Å². The van der Waals surface area contributed by atoms with E-state index in [1.54, 1.807) is 30.1 Å².